The number of carbonyl (C=O) groups is 1. The van der Waals surface area contributed by atoms with Crippen molar-refractivity contribution in [1.29, 1.82) is 0 Å². The highest BCUT2D eigenvalue weighted by Gasteiger charge is 2.12. The number of ether oxygens (including phenoxy) is 1. The van der Waals surface area contributed by atoms with Gasteiger partial charge in [0.25, 0.3) is 0 Å². The average Bonchev–Trinajstić information content (AvgIpc) is 2.23. The summed E-state index contributed by atoms with van der Waals surface area (Å²) in [6.45, 7) is 3.95. The maximum atomic E-state index is 13.3. The van der Waals surface area contributed by atoms with Gasteiger partial charge in [0.05, 0.1) is 16.8 Å². The van der Waals surface area contributed by atoms with Crippen LogP contribution < -0.4 is 5.32 Å². The van der Waals surface area contributed by atoms with E-state index in [0.717, 1.165) is 12.1 Å². The summed E-state index contributed by atoms with van der Waals surface area (Å²) in [5.41, 5.74) is -0.251. The minimum absolute atomic E-state index is 0.00361. The lowest BCUT2D eigenvalue weighted by Crippen LogP contribution is -2.17. The van der Waals surface area contributed by atoms with E-state index in [1.807, 2.05) is 13.8 Å². The molecule has 0 heterocycles. The number of rotatable bonds is 3. The number of amides is 1. The van der Waals surface area contributed by atoms with Crippen LogP contribution in [0, 0.1) is 17.6 Å². The summed E-state index contributed by atoms with van der Waals surface area (Å²) >= 11 is 2.84. The summed E-state index contributed by atoms with van der Waals surface area (Å²) in [6, 6.07) is 1.82. The highest BCUT2D eigenvalue weighted by molar-refractivity contribution is 9.10. The van der Waals surface area contributed by atoms with Gasteiger partial charge in [-0.15, -0.1) is 0 Å². The van der Waals surface area contributed by atoms with Crippen LogP contribution in [0.25, 0.3) is 0 Å². The van der Waals surface area contributed by atoms with Crippen molar-refractivity contribution in [3.8, 4) is 0 Å². The molecule has 0 atom stereocenters. The largest absolute Gasteiger partial charge is 0.449 e. The van der Waals surface area contributed by atoms with Crippen molar-refractivity contribution < 1.29 is 18.3 Å². The molecule has 0 aliphatic heterocycles. The van der Waals surface area contributed by atoms with E-state index in [2.05, 4.69) is 21.2 Å². The van der Waals surface area contributed by atoms with Gasteiger partial charge in [-0.1, -0.05) is 13.8 Å². The number of hydrogen-bond donors (Lipinski definition) is 1. The Morgan fingerprint density at radius 2 is 2.06 bits per heavy atom. The van der Waals surface area contributed by atoms with Crippen molar-refractivity contribution >= 4 is 27.7 Å². The van der Waals surface area contributed by atoms with Gasteiger partial charge in [-0.05, 0) is 27.9 Å². The van der Waals surface area contributed by atoms with Crippen molar-refractivity contribution in [2.24, 2.45) is 5.92 Å². The Hall–Kier alpha value is -1.17. The second kappa shape index (κ2) is 5.95. The quantitative estimate of drug-likeness (QED) is 0.859. The third kappa shape index (κ3) is 4.30. The summed E-state index contributed by atoms with van der Waals surface area (Å²) in [4.78, 5) is 11.2. The summed E-state index contributed by atoms with van der Waals surface area (Å²) in [5.74, 6) is -1.22. The Morgan fingerprint density at radius 1 is 1.41 bits per heavy atom. The van der Waals surface area contributed by atoms with E-state index in [9.17, 15) is 13.6 Å². The summed E-state index contributed by atoms with van der Waals surface area (Å²) in [6.07, 6.45) is -0.806. The first-order chi connectivity index (χ1) is 7.90. The maximum absolute atomic E-state index is 13.3. The molecular weight excluding hydrogens is 296 g/mol. The molecule has 0 saturated heterocycles. The van der Waals surface area contributed by atoms with E-state index >= 15 is 0 Å². The molecule has 0 radical (unpaired) electrons. The van der Waals surface area contributed by atoms with Crippen LogP contribution in [0.5, 0.6) is 0 Å². The Morgan fingerprint density at radius 3 is 2.65 bits per heavy atom. The first kappa shape index (κ1) is 13.9. The molecule has 0 unspecified atom stereocenters. The second-order valence-electron chi connectivity index (χ2n) is 3.86. The van der Waals surface area contributed by atoms with Gasteiger partial charge in [-0.2, -0.15) is 0 Å². The molecule has 1 aromatic rings. The van der Waals surface area contributed by atoms with E-state index in [0.29, 0.717) is 0 Å². The molecule has 94 valence electrons. The predicted molar refractivity (Wildman–Crippen MR) is 63.9 cm³/mol. The van der Waals surface area contributed by atoms with Crippen LogP contribution in [-0.4, -0.2) is 12.7 Å². The average molecular weight is 308 g/mol. The van der Waals surface area contributed by atoms with E-state index in [1.165, 1.54) is 0 Å². The highest BCUT2D eigenvalue weighted by Crippen LogP contribution is 2.23. The number of nitrogens with one attached hydrogen (secondary N) is 1. The monoisotopic (exact) mass is 307 g/mol. The fraction of sp³-hybridized carbons (Fsp3) is 0.364. The normalized spacial score (nSPS) is 10.5. The van der Waals surface area contributed by atoms with Crippen LogP contribution in [0.2, 0.25) is 0 Å². The molecule has 0 aliphatic carbocycles. The fourth-order valence-electron chi connectivity index (χ4n) is 1.01. The smallest absolute Gasteiger partial charge is 0.411 e. The molecule has 1 amide bonds. The van der Waals surface area contributed by atoms with E-state index in [1.54, 1.807) is 0 Å². The Balaban J connectivity index is 2.68. The maximum Gasteiger partial charge on any atom is 0.411 e. The SMILES string of the molecule is CC(C)COC(=O)Nc1cc(F)c(Br)cc1F. The molecule has 1 rings (SSSR count). The Labute approximate surface area is 106 Å². The zero-order valence-corrected chi connectivity index (χ0v) is 11.0. The second-order valence-corrected chi connectivity index (χ2v) is 4.72. The predicted octanol–water partition coefficient (Wildman–Crippen LogP) is 3.93. The molecule has 0 spiro atoms. The zero-order chi connectivity index (χ0) is 13.0. The molecule has 0 aromatic heterocycles. The third-order valence-corrected chi connectivity index (χ3v) is 2.40. The number of benzene rings is 1. The molecule has 1 N–H and O–H groups in total. The lowest BCUT2D eigenvalue weighted by molar-refractivity contribution is 0.147. The van der Waals surface area contributed by atoms with Crippen LogP contribution >= 0.6 is 15.9 Å². The molecular formula is C11H12BrF2NO2. The van der Waals surface area contributed by atoms with Gasteiger partial charge in [0, 0.05) is 6.07 Å². The van der Waals surface area contributed by atoms with Gasteiger partial charge in [0.2, 0.25) is 0 Å². The lowest BCUT2D eigenvalue weighted by Gasteiger charge is -2.09. The van der Waals surface area contributed by atoms with Crippen molar-refractivity contribution in [2.75, 3.05) is 11.9 Å². The van der Waals surface area contributed by atoms with Gasteiger partial charge in [0.15, 0.2) is 0 Å². The number of anilines is 1. The van der Waals surface area contributed by atoms with Crippen LogP contribution in [0.1, 0.15) is 13.8 Å². The molecule has 3 nitrogen and oxygen atoms in total. The number of carbonyl (C=O) groups excluding carboxylic acids is 1. The van der Waals surface area contributed by atoms with Gasteiger partial charge < -0.3 is 4.74 Å². The van der Waals surface area contributed by atoms with Crippen LogP contribution in [0.3, 0.4) is 0 Å². The summed E-state index contributed by atoms with van der Waals surface area (Å²) < 4.78 is 31.2. The summed E-state index contributed by atoms with van der Waals surface area (Å²) in [7, 11) is 0. The van der Waals surface area contributed by atoms with Crippen molar-refractivity contribution in [1.82, 2.24) is 0 Å². The third-order valence-electron chi connectivity index (χ3n) is 1.79. The molecule has 1 aromatic carbocycles. The Bertz CT molecular complexity index is 424. The van der Waals surface area contributed by atoms with Crippen LogP contribution in [0.15, 0.2) is 16.6 Å². The highest BCUT2D eigenvalue weighted by atomic mass is 79.9. The first-order valence-corrected chi connectivity index (χ1v) is 5.77. The van der Waals surface area contributed by atoms with E-state index in [-0.39, 0.29) is 22.7 Å². The molecule has 0 fully saturated rings. The molecule has 17 heavy (non-hydrogen) atoms. The van der Waals surface area contributed by atoms with E-state index < -0.39 is 17.7 Å². The topological polar surface area (TPSA) is 38.3 Å². The minimum Gasteiger partial charge on any atom is -0.449 e. The van der Waals surface area contributed by atoms with Crippen LogP contribution in [0.4, 0.5) is 19.3 Å². The van der Waals surface area contributed by atoms with Gasteiger partial charge in [-0.25, -0.2) is 13.6 Å². The standard InChI is InChI=1S/C11H12BrF2NO2/c1-6(2)5-17-11(16)15-10-4-8(13)7(12)3-9(10)14/h3-4,6H,5H2,1-2H3,(H,15,16). The molecule has 6 heteroatoms. The van der Waals surface area contributed by atoms with Crippen molar-refractivity contribution in [3.05, 3.63) is 28.2 Å². The van der Waals surface area contributed by atoms with Gasteiger partial charge in [-0.3, -0.25) is 5.32 Å². The zero-order valence-electron chi connectivity index (χ0n) is 9.39. The van der Waals surface area contributed by atoms with E-state index in [4.69, 9.17) is 4.74 Å². The summed E-state index contributed by atoms with van der Waals surface area (Å²) in [5, 5.41) is 2.14. The number of halogens is 3. The first-order valence-electron chi connectivity index (χ1n) is 4.98. The molecule has 0 bridgehead atoms. The molecule has 0 aliphatic rings. The number of hydrogen-bond acceptors (Lipinski definition) is 2. The van der Waals surface area contributed by atoms with Crippen molar-refractivity contribution in [3.63, 3.8) is 0 Å². The minimum atomic E-state index is -0.806. The van der Waals surface area contributed by atoms with Gasteiger partial charge >= 0.3 is 6.09 Å². The molecule has 0 saturated carbocycles. The van der Waals surface area contributed by atoms with Crippen LogP contribution in [-0.2, 0) is 4.74 Å². The lowest BCUT2D eigenvalue weighted by atomic mass is 10.2. The van der Waals surface area contributed by atoms with Gasteiger partial charge in [0.1, 0.15) is 11.6 Å². The Kier molecular flexibility index (Phi) is 4.86. The fourth-order valence-corrected chi connectivity index (χ4v) is 1.32. The van der Waals surface area contributed by atoms with Crippen molar-refractivity contribution in [2.45, 2.75) is 13.8 Å².